The third kappa shape index (κ3) is 4.88. The fourth-order valence-corrected chi connectivity index (χ4v) is 3.69. The predicted octanol–water partition coefficient (Wildman–Crippen LogP) is 1.73. The second kappa shape index (κ2) is 8.56. The Kier molecular flexibility index (Phi) is 6.19. The maximum absolute atomic E-state index is 12.6. The standard InChI is InChI=1S/C20H30N2O3/c1-15(2)20(21-19(23)14-22-9-4-3-5-10-22)16-7-8-17-18(13-16)25-12-6-11-24-17/h7-8,13,15,20H,3-6,9-12,14H2,1-2H3,(H,21,23)/p+1/t20-/m0/s1. The van der Waals surface area contributed by atoms with Crippen LogP contribution in [0.4, 0.5) is 0 Å². The lowest BCUT2D eigenvalue weighted by Crippen LogP contribution is -3.13. The van der Waals surface area contributed by atoms with Crippen LogP contribution in [0.15, 0.2) is 18.2 Å². The number of nitrogens with one attached hydrogen (secondary N) is 2. The molecule has 3 rings (SSSR count). The molecular weight excluding hydrogens is 316 g/mol. The van der Waals surface area contributed by atoms with Crippen molar-refractivity contribution in [2.24, 2.45) is 5.92 Å². The van der Waals surface area contributed by atoms with Crippen LogP contribution in [0, 0.1) is 5.92 Å². The molecule has 0 aliphatic carbocycles. The summed E-state index contributed by atoms with van der Waals surface area (Å²) in [6.07, 6.45) is 4.67. The van der Waals surface area contributed by atoms with Crippen LogP contribution in [-0.4, -0.2) is 38.8 Å². The molecule has 1 atom stereocenters. The van der Waals surface area contributed by atoms with Gasteiger partial charge in [0.2, 0.25) is 0 Å². The van der Waals surface area contributed by atoms with Crippen LogP contribution in [0.5, 0.6) is 11.5 Å². The van der Waals surface area contributed by atoms with Crippen LogP contribution < -0.4 is 19.7 Å². The minimum absolute atomic E-state index is 0.00570. The molecule has 138 valence electrons. The number of ether oxygens (including phenoxy) is 2. The van der Waals surface area contributed by atoms with E-state index in [4.69, 9.17) is 9.47 Å². The van der Waals surface area contributed by atoms with Crippen molar-refractivity contribution in [3.05, 3.63) is 23.8 Å². The lowest BCUT2D eigenvalue weighted by atomic mass is 9.95. The SMILES string of the molecule is CC(C)[C@H](NC(=O)C[NH+]1CCCCC1)c1ccc2c(c1)OCCCO2. The van der Waals surface area contributed by atoms with E-state index in [0.29, 0.717) is 25.7 Å². The number of carbonyl (C=O) groups excluding carboxylic acids is 1. The van der Waals surface area contributed by atoms with Gasteiger partial charge >= 0.3 is 0 Å². The number of fused-ring (bicyclic) bond motifs is 1. The van der Waals surface area contributed by atoms with Crippen LogP contribution in [-0.2, 0) is 4.79 Å². The van der Waals surface area contributed by atoms with Crippen molar-refractivity contribution in [2.45, 2.75) is 45.6 Å². The molecule has 0 aromatic heterocycles. The van der Waals surface area contributed by atoms with E-state index in [9.17, 15) is 4.79 Å². The van der Waals surface area contributed by atoms with E-state index >= 15 is 0 Å². The van der Waals surface area contributed by atoms with Gasteiger partial charge in [-0.15, -0.1) is 0 Å². The highest BCUT2D eigenvalue weighted by atomic mass is 16.5. The highest BCUT2D eigenvalue weighted by Crippen LogP contribution is 2.34. The molecule has 2 N–H and O–H groups in total. The van der Waals surface area contributed by atoms with Crippen LogP contribution in [0.3, 0.4) is 0 Å². The number of amides is 1. The molecule has 2 aliphatic rings. The van der Waals surface area contributed by atoms with Gasteiger partial charge in [0.05, 0.1) is 32.3 Å². The third-order valence-corrected chi connectivity index (χ3v) is 5.09. The average molecular weight is 347 g/mol. The summed E-state index contributed by atoms with van der Waals surface area (Å²) in [6, 6.07) is 6.03. The number of quaternary nitrogens is 1. The summed E-state index contributed by atoms with van der Waals surface area (Å²) < 4.78 is 11.5. The van der Waals surface area contributed by atoms with Crippen LogP contribution in [0.1, 0.15) is 51.1 Å². The third-order valence-electron chi connectivity index (χ3n) is 5.09. The lowest BCUT2D eigenvalue weighted by molar-refractivity contribution is -0.896. The fourth-order valence-electron chi connectivity index (χ4n) is 3.69. The molecule has 5 nitrogen and oxygen atoms in total. The van der Waals surface area contributed by atoms with E-state index < -0.39 is 0 Å². The number of benzene rings is 1. The summed E-state index contributed by atoms with van der Waals surface area (Å²) in [5, 5.41) is 3.25. The molecule has 0 radical (unpaired) electrons. The van der Waals surface area contributed by atoms with Crippen LogP contribution in [0.2, 0.25) is 0 Å². The number of piperidine rings is 1. The van der Waals surface area contributed by atoms with E-state index in [-0.39, 0.29) is 11.9 Å². The van der Waals surface area contributed by atoms with Crippen molar-refractivity contribution in [1.29, 1.82) is 0 Å². The molecule has 0 unspecified atom stereocenters. The Morgan fingerprint density at radius 1 is 1.08 bits per heavy atom. The van der Waals surface area contributed by atoms with Crippen molar-refractivity contribution >= 4 is 5.91 Å². The van der Waals surface area contributed by atoms with Crippen LogP contribution >= 0.6 is 0 Å². The van der Waals surface area contributed by atoms with Gasteiger partial charge in [-0.3, -0.25) is 4.79 Å². The Morgan fingerprint density at radius 2 is 1.80 bits per heavy atom. The molecule has 1 aromatic rings. The van der Waals surface area contributed by atoms with Crippen molar-refractivity contribution in [3.63, 3.8) is 0 Å². The van der Waals surface area contributed by atoms with E-state index in [2.05, 4.69) is 19.2 Å². The zero-order valence-corrected chi connectivity index (χ0v) is 15.5. The largest absolute Gasteiger partial charge is 0.490 e. The second-order valence-electron chi connectivity index (χ2n) is 7.53. The maximum Gasteiger partial charge on any atom is 0.275 e. The topological polar surface area (TPSA) is 52.0 Å². The average Bonchev–Trinajstić information content (AvgIpc) is 2.85. The van der Waals surface area contributed by atoms with Gasteiger partial charge < -0.3 is 19.7 Å². The monoisotopic (exact) mass is 347 g/mol. The summed E-state index contributed by atoms with van der Waals surface area (Å²) in [5.74, 6) is 2.04. The number of hydrogen-bond acceptors (Lipinski definition) is 3. The maximum atomic E-state index is 12.6. The first kappa shape index (κ1) is 18.1. The highest BCUT2D eigenvalue weighted by molar-refractivity contribution is 5.77. The van der Waals surface area contributed by atoms with Gasteiger partial charge in [-0.1, -0.05) is 19.9 Å². The molecular formula is C20H31N2O3+. The molecule has 1 amide bonds. The summed E-state index contributed by atoms with van der Waals surface area (Å²) >= 11 is 0. The van der Waals surface area contributed by atoms with Crippen molar-refractivity contribution < 1.29 is 19.2 Å². The lowest BCUT2D eigenvalue weighted by Gasteiger charge is -2.26. The van der Waals surface area contributed by atoms with E-state index in [1.54, 1.807) is 0 Å². The van der Waals surface area contributed by atoms with E-state index in [1.165, 1.54) is 24.2 Å². The van der Waals surface area contributed by atoms with Crippen LogP contribution in [0.25, 0.3) is 0 Å². The Morgan fingerprint density at radius 3 is 2.52 bits per heavy atom. The van der Waals surface area contributed by atoms with Crippen molar-refractivity contribution in [2.75, 3.05) is 32.8 Å². The van der Waals surface area contributed by atoms with Gasteiger partial charge in [-0.25, -0.2) is 0 Å². The first-order valence-corrected chi connectivity index (χ1v) is 9.66. The second-order valence-corrected chi connectivity index (χ2v) is 7.53. The Balaban J connectivity index is 1.68. The van der Waals surface area contributed by atoms with Gasteiger partial charge in [0.15, 0.2) is 18.0 Å². The van der Waals surface area contributed by atoms with Gasteiger partial charge in [-0.2, -0.15) is 0 Å². The molecule has 1 fully saturated rings. The molecule has 0 saturated carbocycles. The van der Waals surface area contributed by atoms with Gasteiger partial charge in [0.25, 0.3) is 5.91 Å². The molecule has 0 spiro atoms. The smallest absolute Gasteiger partial charge is 0.275 e. The first-order chi connectivity index (χ1) is 12.1. The van der Waals surface area contributed by atoms with Gasteiger partial charge in [0.1, 0.15) is 0 Å². The Hall–Kier alpha value is -1.75. The fraction of sp³-hybridized carbons (Fsp3) is 0.650. The summed E-state index contributed by atoms with van der Waals surface area (Å²) in [5.41, 5.74) is 1.08. The summed E-state index contributed by atoms with van der Waals surface area (Å²) in [6.45, 7) is 8.45. The number of rotatable bonds is 5. The molecule has 5 heteroatoms. The van der Waals surface area contributed by atoms with Gasteiger partial charge in [0, 0.05) is 6.42 Å². The Bertz CT molecular complexity index is 582. The zero-order valence-electron chi connectivity index (χ0n) is 15.5. The molecule has 0 bridgehead atoms. The Labute approximate surface area is 150 Å². The summed E-state index contributed by atoms with van der Waals surface area (Å²) in [4.78, 5) is 14.0. The first-order valence-electron chi connectivity index (χ1n) is 9.66. The zero-order chi connectivity index (χ0) is 17.6. The molecule has 1 saturated heterocycles. The molecule has 2 aliphatic heterocycles. The minimum atomic E-state index is -0.00570. The number of hydrogen-bond donors (Lipinski definition) is 2. The molecule has 1 aromatic carbocycles. The molecule has 25 heavy (non-hydrogen) atoms. The van der Waals surface area contributed by atoms with Crippen molar-refractivity contribution in [3.8, 4) is 11.5 Å². The van der Waals surface area contributed by atoms with E-state index in [0.717, 1.165) is 36.6 Å². The van der Waals surface area contributed by atoms with Crippen molar-refractivity contribution in [1.82, 2.24) is 5.32 Å². The minimum Gasteiger partial charge on any atom is -0.490 e. The predicted molar refractivity (Wildman–Crippen MR) is 97.2 cm³/mol. The van der Waals surface area contributed by atoms with Gasteiger partial charge in [-0.05, 0) is 42.9 Å². The normalized spacial score (nSPS) is 19.3. The van der Waals surface area contributed by atoms with E-state index in [1.807, 2.05) is 18.2 Å². The quantitative estimate of drug-likeness (QED) is 0.853. The number of likely N-dealkylation sites (tertiary alicyclic amines) is 1. The highest BCUT2D eigenvalue weighted by Gasteiger charge is 2.24. The number of carbonyl (C=O) groups is 1. The summed E-state index contributed by atoms with van der Waals surface area (Å²) in [7, 11) is 0. The molecule has 2 heterocycles.